The molecule has 2 fully saturated rings. The highest BCUT2D eigenvalue weighted by molar-refractivity contribution is 6.40. The summed E-state index contributed by atoms with van der Waals surface area (Å²) in [5.41, 5.74) is 6.20. The number of amides is 1. The van der Waals surface area contributed by atoms with Gasteiger partial charge in [0.2, 0.25) is 5.91 Å². The van der Waals surface area contributed by atoms with Gasteiger partial charge >= 0.3 is 5.97 Å². The van der Waals surface area contributed by atoms with Gasteiger partial charge in [0.25, 0.3) is 0 Å². The lowest BCUT2D eigenvalue weighted by atomic mass is 9.89. The molecule has 28 heavy (non-hydrogen) atoms. The molecule has 1 unspecified atom stereocenters. The van der Waals surface area contributed by atoms with Gasteiger partial charge in [0, 0.05) is 30.7 Å². The number of aliphatic carboxylic acids is 1. The Hall–Kier alpha value is -2.19. The Morgan fingerprint density at radius 3 is 2.57 bits per heavy atom. The highest BCUT2D eigenvalue weighted by Crippen LogP contribution is 2.47. The first-order valence-electron chi connectivity index (χ1n) is 9.44. The first-order valence-corrected chi connectivity index (χ1v) is 9.81. The fraction of sp³-hybridized carbons (Fsp3) is 0.526. The molecule has 9 heteroatoms. The number of Topliss-reactive ketones (excluding diaryl/α,β-unsaturated/α-hetero) is 1. The number of halogens is 2. The molecule has 4 rings (SSSR count). The monoisotopic (exact) mass is 409 g/mol. The lowest BCUT2D eigenvalue weighted by Crippen LogP contribution is -2.49. The van der Waals surface area contributed by atoms with E-state index in [2.05, 4.69) is 0 Å². The number of carboxylic acid groups (broad SMARTS) is 1. The Balaban J connectivity index is 1.87. The second-order valence-corrected chi connectivity index (χ2v) is 8.07. The molecular weight excluding hydrogens is 389 g/mol. The molecule has 2 atom stereocenters. The van der Waals surface area contributed by atoms with Crippen LogP contribution in [-0.2, 0) is 9.59 Å². The zero-order valence-electron chi connectivity index (χ0n) is 15.2. The second-order valence-electron chi connectivity index (χ2n) is 7.69. The molecule has 0 bridgehead atoms. The minimum Gasteiger partial charge on any atom is -0.480 e. The Labute approximate surface area is 166 Å². The van der Waals surface area contributed by atoms with Crippen molar-refractivity contribution in [2.45, 2.75) is 44.2 Å². The summed E-state index contributed by atoms with van der Waals surface area (Å²) in [7, 11) is 0. The van der Waals surface area contributed by atoms with E-state index in [9.17, 15) is 19.5 Å². The number of benzene rings is 1. The van der Waals surface area contributed by atoms with Crippen LogP contribution in [0.3, 0.4) is 0 Å². The summed E-state index contributed by atoms with van der Waals surface area (Å²) in [6.45, 7) is 0.977. The third kappa shape index (κ3) is 3.04. The zero-order chi connectivity index (χ0) is 20.2. The fourth-order valence-corrected chi connectivity index (χ4v) is 4.52. The molecule has 2 aliphatic heterocycles. The van der Waals surface area contributed by atoms with Gasteiger partial charge in [0.15, 0.2) is 11.7 Å². The molecule has 1 aromatic rings. The Morgan fingerprint density at radius 2 is 1.93 bits per heavy atom. The normalized spacial score (nSPS) is 25.5. The van der Waals surface area contributed by atoms with Gasteiger partial charge in [0.1, 0.15) is 5.82 Å². The van der Waals surface area contributed by atoms with Gasteiger partial charge in [-0.1, -0.05) is 18.0 Å². The Bertz CT molecular complexity index is 873. The van der Waals surface area contributed by atoms with Gasteiger partial charge in [-0.3, -0.25) is 14.4 Å². The van der Waals surface area contributed by atoms with Crippen LogP contribution < -0.4 is 15.5 Å². The minimum absolute atomic E-state index is 0.0264. The molecule has 1 aliphatic carbocycles. The first kappa shape index (κ1) is 19.1. The maximum atomic E-state index is 15.1. The van der Waals surface area contributed by atoms with Crippen LogP contribution in [0.5, 0.6) is 0 Å². The molecule has 0 radical (unpaired) electrons. The van der Waals surface area contributed by atoms with Crippen LogP contribution in [0, 0.1) is 11.7 Å². The van der Waals surface area contributed by atoms with Crippen molar-refractivity contribution in [1.82, 2.24) is 0 Å². The first-order chi connectivity index (χ1) is 13.3. The van der Waals surface area contributed by atoms with Crippen molar-refractivity contribution < 1.29 is 23.9 Å². The van der Waals surface area contributed by atoms with Crippen LogP contribution in [0.2, 0.25) is 5.02 Å². The van der Waals surface area contributed by atoms with Gasteiger partial charge in [0.05, 0.1) is 16.4 Å². The van der Waals surface area contributed by atoms with E-state index in [0.29, 0.717) is 25.9 Å². The van der Waals surface area contributed by atoms with Crippen molar-refractivity contribution in [3.63, 3.8) is 0 Å². The molecule has 3 N–H and O–H groups in total. The smallest absolute Gasteiger partial charge is 0.324 e. The number of carbonyl (C=O) groups excluding carboxylic acids is 2. The minimum atomic E-state index is -1.86. The van der Waals surface area contributed by atoms with Crippen LogP contribution in [0.1, 0.15) is 42.5 Å². The van der Waals surface area contributed by atoms with E-state index < -0.39 is 29.4 Å². The van der Waals surface area contributed by atoms with E-state index >= 15 is 4.39 Å². The largest absolute Gasteiger partial charge is 0.480 e. The molecule has 0 aromatic heterocycles. The number of nitrogens with two attached hydrogens (primary N) is 1. The Kier molecular flexibility index (Phi) is 4.79. The number of hydrogen-bond acceptors (Lipinski definition) is 5. The van der Waals surface area contributed by atoms with E-state index in [1.165, 1.54) is 4.90 Å². The number of rotatable bonds is 3. The summed E-state index contributed by atoms with van der Waals surface area (Å²) in [6.07, 6.45) is 3.94. The van der Waals surface area contributed by atoms with E-state index in [0.717, 1.165) is 25.3 Å². The molecule has 1 aromatic carbocycles. The van der Waals surface area contributed by atoms with Crippen LogP contribution >= 0.6 is 11.6 Å². The molecule has 2 heterocycles. The predicted molar refractivity (Wildman–Crippen MR) is 101 cm³/mol. The van der Waals surface area contributed by atoms with Crippen LogP contribution in [0.25, 0.3) is 0 Å². The number of fused-ring (bicyclic) bond motifs is 1. The van der Waals surface area contributed by atoms with Crippen molar-refractivity contribution in [2.24, 2.45) is 11.7 Å². The quantitative estimate of drug-likeness (QED) is 0.741. The van der Waals surface area contributed by atoms with Gasteiger partial charge in [-0.2, -0.15) is 0 Å². The Morgan fingerprint density at radius 1 is 1.21 bits per heavy atom. The average molecular weight is 410 g/mol. The molecule has 1 amide bonds. The molecule has 150 valence electrons. The topological polar surface area (TPSA) is 104 Å². The summed E-state index contributed by atoms with van der Waals surface area (Å²) in [4.78, 5) is 40.0. The highest BCUT2D eigenvalue weighted by atomic mass is 35.5. The standard InChI is InChI=1S/C19H21ClFN3O4/c20-14-15-11(7-12(21)16(14)23-6-2-1-3-9(22)8-23)17(25)13(19(27)28)18(26)24(15)10-4-5-10/h7,9-10,13H,1-6,8,22H2,(H,27,28)/t9-,13?/m0/s1. The maximum Gasteiger partial charge on any atom is 0.324 e. The summed E-state index contributed by atoms with van der Waals surface area (Å²) < 4.78 is 15.1. The number of hydrogen-bond donors (Lipinski definition) is 2. The van der Waals surface area contributed by atoms with E-state index in [1.54, 1.807) is 4.90 Å². The van der Waals surface area contributed by atoms with Crippen molar-refractivity contribution in [2.75, 3.05) is 22.9 Å². The predicted octanol–water partition coefficient (Wildman–Crippen LogP) is 2.19. The molecule has 1 saturated heterocycles. The molecule has 0 spiro atoms. The van der Waals surface area contributed by atoms with Gasteiger partial charge in [-0.05, 0) is 31.7 Å². The van der Waals surface area contributed by atoms with Crippen LogP contribution in [-0.4, -0.2) is 47.9 Å². The third-order valence-electron chi connectivity index (χ3n) is 5.60. The van der Waals surface area contributed by atoms with Crippen molar-refractivity contribution in [3.8, 4) is 0 Å². The lowest BCUT2D eigenvalue weighted by molar-refractivity contribution is -0.144. The number of carboxylic acids is 1. The van der Waals surface area contributed by atoms with E-state index in [-0.39, 0.29) is 34.0 Å². The molecule has 1 saturated carbocycles. The number of anilines is 2. The molecular formula is C19H21ClFN3O4. The summed E-state index contributed by atoms with van der Waals surface area (Å²) >= 11 is 6.57. The van der Waals surface area contributed by atoms with Crippen molar-refractivity contribution in [1.29, 1.82) is 0 Å². The molecule has 7 nitrogen and oxygen atoms in total. The van der Waals surface area contributed by atoms with Gasteiger partial charge in [-0.25, -0.2) is 4.39 Å². The van der Waals surface area contributed by atoms with Gasteiger partial charge < -0.3 is 20.6 Å². The van der Waals surface area contributed by atoms with Crippen molar-refractivity contribution >= 4 is 40.6 Å². The van der Waals surface area contributed by atoms with Crippen LogP contribution in [0.4, 0.5) is 15.8 Å². The van der Waals surface area contributed by atoms with E-state index in [4.69, 9.17) is 17.3 Å². The lowest BCUT2D eigenvalue weighted by Gasteiger charge is -2.35. The van der Waals surface area contributed by atoms with Gasteiger partial charge in [-0.15, -0.1) is 0 Å². The second kappa shape index (κ2) is 7.00. The highest BCUT2D eigenvalue weighted by Gasteiger charge is 2.50. The summed E-state index contributed by atoms with van der Waals surface area (Å²) in [6, 6.07) is 0.671. The molecule has 3 aliphatic rings. The number of ketones is 1. The van der Waals surface area contributed by atoms with Crippen molar-refractivity contribution in [3.05, 3.63) is 22.5 Å². The SMILES string of the molecule is N[C@H]1CCCCN(c2c(F)cc3c(c2Cl)N(C2CC2)C(=O)C(C(=O)O)C3=O)C1. The number of carbonyl (C=O) groups is 3. The summed E-state index contributed by atoms with van der Waals surface area (Å²) in [5.74, 6) is -5.84. The van der Waals surface area contributed by atoms with E-state index in [1.807, 2.05) is 0 Å². The fourth-order valence-electron chi connectivity index (χ4n) is 4.12. The number of nitrogens with zero attached hydrogens (tertiary/aromatic N) is 2. The average Bonchev–Trinajstić information content (AvgIpc) is 3.44. The maximum absolute atomic E-state index is 15.1. The van der Waals surface area contributed by atoms with Crippen LogP contribution in [0.15, 0.2) is 6.07 Å². The zero-order valence-corrected chi connectivity index (χ0v) is 15.9. The summed E-state index contributed by atoms with van der Waals surface area (Å²) in [5, 5.41) is 9.34. The third-order valence-corrected chi connectivity index (χ3v) is 5.96.